The van der Waals surface area contributed by atoms with Gasteiger partial charge in [0, 0.05) is 57.9 Å². The van der Waals surface area contributed by atoms with Crippen molar-refractivity contribution in [1.29, 1.82) is 0 Å². The monoisotopic (exact) mass is 569 g/mol. The van der Waals surface area contributed by atoms with Crippen LogP contribution in [0.2, 0.25) is 0 Å². The summed E-state index contributed by atoms with van der Waals surface area (Å²) >= 11 is 0. The van der Waals surface area contributed by atoms with Crippen LogP contribution in [0.25, 0.3) is 0 Å². The summed E-state index contributed by atoms with van der Waals surface area (Å²) in [6, 6.07) is 12.4. The molecular weight excluding hydrogens is 504 g/mol. The van der Waals surface area contributed by atoms with Gasteiger partial charge in [-0.15, -0.1) is 0 Å². The van der Waals surface area contributed by atoms with Crippen molar-refractivity contribution in [3.05, 3.63) is 35.9 Å². The molecule has 6 heteroatoms. The smallest absolute Gasteiger partial charge is 0.0238 e. The number of piperidine rings is 1. The van der Waals surface area contributed by atoms with Gasteiger partial charge in [-0.25, -0.2) is 0 Å². The molecule has 2 N–H and O–H groups in total. The average molecular weight is 569 g/mol. The lowest BCUT2D eigenvalue weighted by atomic mass is 9.98. The number of unbranched alkanes of at least 4 members (excludes halogenated alkanes) is 3. The molecule has 0 aromatic heterocycles. The summed E-state index contributed by atoms with van der Waals surface area (Å²) in [6.45, 7) is 19.6. The number of hydrogen-bond acceptors (Lipinski definition) is 6. The Morgan fingerprint density at radius 3 is 2.02 bits per heavy atom. The number of benzene rings is 1. The minimum atomic E-state index is 0.710. The van der Waals surface area contributed by atoms with Crippen LogP contribution in [-0.4, -0.2) is 123 Å². The third-order valence-electron chi connectivity index (χ3n) is 9.94. The largest absolute Gasteiger partial charge is 0.316 e. The second-order valence-corrected chi connectivity index (χ2v) is 13.1. The van der Waals surface area contributed by atoms with Crippen LogP contribution in [0.1, 0.15) is 83.1 Å². The van der Waals surface area contributed by atoms with Crippen molar-refractivity contribution in [1.82, 2.24) is 30.2 Å². The first kappa shape index (κ1) is 32.9. The fourth-order valence-electron chi connectivity index (χ4n) is 7.30. The number of rotatable bonds is 20. The van der Waals surface area contributed by atoms with Crippen LogP contribution in [0.5, 0.6) is 0 Å². The van der Waals surface area contributed by atoms with E-state index in [9.17, 15) is 0 Å². The van der Waals surface area contributed by atoms with Crippen molar-refractivity contribution in [2.45, 2.75) is 96.1 Å². The molecule has 0 bridgehead atoms. The number of likely N-dealkylation sites (tertiary alicyclic amines) is 2. The number of hydrogen-bond donors (Lipinski definition) is 2. The first-order valence-corrected chi connectivity index (χ1v) is 17.7. The van der Waals surface area contributed by atoms with Gasteiger partial charge in [-0.3, -0.25) is 14.7 Å². The van der Waals surface area contributed by atoms with Gasteiger partial charge in [-0.1, -0.05) is 62.9 Å². The fraction of sp³-hybridized carbons (Fsp3) is 0.829. The van der Waals surface area contributed by atoms with Gasteiger partial charge in [-0.2, -0.15) is 0 Å². The molecule has 4 rings (SSSR count). The summed E-state index contributed by atoms with van der Waals surface area (Å²) in [5, 5.41) is 7.49. The molecule has 0 spiro atoms. The van der Waals surface area contributed by atoms with E-state index in [0.717, 1.165) is 32.1 Å². The minimum Gasteiger partial charge on any atom is -0.316 e. The van der Waals surface area contributed by atoms with Crippen molar-refractivity contribution >= 4 is 0 Å². The van der Waals surface area contributed by atoms with Gasteiger partial charge in [0.1, 0.15) is 0 Å². The minimum absolute atomic E-state index is 0.710. The van der Waals surface area contributed by atoms with Gasteiger partial charge >= 0.3 is 0 Å². The van der Waals surface area contributed by atoms with Gasteiger partial charge in [-0.05, 0) is 103 Å². The molecule has 3 heterocycles. The lowest BCUT2D eigenvalue weighted by Crippen LogP contribution is -2.54. The summed E-state index contributed by atoms with van der Waals surface area (Å²) in [4.78, 5) is 11.2. The zero-order valence-electron chi connectivity index (χ0n) is 26.7. The highest BCUT2D eigenvalue weighted by Gasteiger charge is 2.30. The Balaban J connectivity index is 1.21. The predicted octanol–water partition coefficient (Wildman–Crippen LogP) is 4.71. The van der Waals surface area contributed by atoms with Crippen LogP contribution in [0.15, 0.2) is 30.3 Å². The third-order valence-corrected chi connectivity index (χ3v) is 9.94. The first-order chi connectivity index (χ1) is 20.3. The van der Waals surface area contributed by atoms with E-state index in [1.165, 1.54) is 148 Å². The molecule has 0 aliphatic carbocycles. The summed E-state index contributed by atoms with van der Waals surface area (Å²) in [5.74, 6) is 0. The molecule has 1 aromatic carbocycles. The summed E-state index contributed by atoms with van der Waals surface area (Å²) in [7, 11) is 0. The zero-order valence-corrected chi connectivity index (χ0v) is 26.7. The maximum atomic E-state index is 3.80. The maximum Gasteiger partial charge on any atom is 0.0238 e. The van der Waals surface area contributed by atoms with Crippen molar-refractivity contribution < 1.29 is 0 Å². The van der Waals surface area contributed by atoms with E-state index >= 15 is 0 Å². The van der Waals surface area contributed by atoms with Crippen LogP contribution in [0, 0.1) is 0 Å². The Morgan fingerprint density at radius 1 is 0.634 bits per heavy atom. The summed E-state index contributed by atoms with van der Waals surface area (Å²) in [5.41, 5.74) is 1.44. The summed E-state index contributed by atoms with van der Waals surface area (Å²) < 4.78 is 0. The molecule has 0 radical (unpaired) electrons. The summed E-state index contributed by atoms with van der Waals surface area (Å²) in [6.07, 6.45) is 16.2. The molecule has 3 aliphatic rings. The lowest BCUT2D eigenvalue weighted by Gasteiger charge is -2.43. The molecule has 3 aliphatic heterocycles. The van der Waals surface area contributed by atoms with Crippen LogP contribution in [-0.2, 0) is 6.42 Å². The van der Waals surface area contributed by atoms with E-state index in [4.69, 9.17) is 0 Å². The van der Waals surface area contributed by atoms with Gasteiger partial charge < -0.3 is 15.5 Å². The molecular formula is C35H64N6. The Kier molecular flexibility index (Phi) is 16.1. The SMILES string of the molecule is CCCCCCNCCN1CCN(CC(CC(CCNCCc2ccccc2)N2CCCC2)N2CCCCC2)CC1. The first-order valence-electron chi connectivity index (χ1n) is 17.7. The van der Waals surface area contributed by atoms with Gasteiger partial charge in [0.2, 0.25) is 0 Å². The highest BCUT2D eigenvalue weighted by atomic mass is 15.3. The Labute approximate surface area is 253 Å². The van der Waals surface area contributed by atoms with Gasteiger partial charge in [0.15, 0.2) is 0 Å². The average Bonchev–Trinajstić information content (AvgIpc) is 3.56. The normalized spacial score (nSPS) is 21.4. The number of nitrogens with zero attached hydrogens (tertiary/aromatic N) is 4. The molecule has 0 amide bonds. The topological polar surface area (TPSA) is 37.0 Å². The maximum absolute atomic E-state index is 3.80. The Hall–Kier alpha value is -1.02. The molecule has 3 fully saturated rings. The molecule has 0 saturated carbocycles. The molecule has 1 aromatic rings. The van der Waals surface area contributed by atoms with Crippen molar-refractivity contribution in [2.75, 3.05) is 91.6 Å². The molecule has 41 heavy (non-hydrogen) atoms. The number of nitrogens with one attached hydrogen (secondary N) is 2. The Bertz CT molecular complexity index is 755. The standard InChI is InChI=1S/C35H64N6/c1-2-3-4-9-18-36-21-26-38-27-29-39(30-28-38)32-35(41-22-10-6-11-23-41)31-34(40-24-12-13-25-40)17-20-37-19-16-33-14-7-5-8-15-33/h5,7-8,14-15,34-37H,2-4,6,9-13,16-32H2,1H3. The van der Waals surface area contributed by atoms with Crippen molar-refractivity contribution in [3.63, 3.8) is 0 Å². The molecule has 3 saturated heterocycles. The van der Waals surface area contributed by atoms with Gasteiger partial charge in [0.05, 0.1) is 0 Å². The second kappa shape index (κ2) is 20.0. The third kappa shape index (κ3) is 12.6. The van der Waals surface area contributed by atoms with Crippen LogP contribution < -0.4 is 10.6 Å². The second-order valence-electron chi connectivity index (χ2n) is 13.1. The number of piperazine rings is 1. The fourth-order valence-corrected chi connectivity index (χ4v) is 7.30. The van der Waals surface area contributed by atoms with E-state index in [1.807, 2.05) is 0 Å². The highest BCUT2D eigenvalue weighted by molar-refractivity contribution is 5.14. The van der Waals surface area contributed by atoms with Crippen LogP contribution >= 0.6 is 0 Å². The zero-order chi connectivity index (χ0) is 28.4. The Morgan fingerprint density at radius 2 is 1.29 bits per heavy atom. The van der Waals surface area contributed by atoms with E-state index < -0.39 is 0 Å². The van der Waals surface area contributed by atoms with Crippen LogP contribution in [0.4, 0.5) is 0 Å². The van der Waals surface area contributed by atoms with E-state index in [0.29, 0.717) is 6.04 Å². The molecule has 234 valence electrons. The molecule has 2 unspecified atom stereocenters. The molecule has 6 nitrogen and oxygen atoms in total. The highest BCUT2D eigenvalue weighted by Crippen LogP contribution is 2.23. The van der Waals surface area contributed by atoms with E-state index in [-0.39, 0.29) is 0 Å². The van der Waals surface area contributed by atoms with E-state index in [1.54, 1.807) is 0 Å². The van der Waals surface area contributed by atoms with Crippen LogP contribution in [0.3, 0.4) is 0 Å². The predicted molar refractivity (Wildman–Crippen MR) is 176 cm³/mol. The van der Waals surface area contributed by atoms with Crippen molar-refractivity contribution in [2.24, 2.45) is 0 Å². The molecule has 2 atom stereocenters. The van der Waals surface area contributed by atoms with Gasteiger partial charge in [0.25, 0.3) is 0 Å². The lowest BCUT2D eigenvalue weighted by molar-refractivity contribution is 0.0616. The quantitative estimate of drug-likeness (QED) is 0.222. The van der Waals surface area contributed by atoms with Crippen molar-refractivity contribution in [3.8, 4) is 0 Å². The van der Waals surface area contributed by atoms with E-state index in [2.05, 4.69) is 67.5 Å².